The van der Waals surface area contributed by atoms with Gasteiger partial charge in [0.15, 0.2) is 6.20 Å². The van der Waals surface area contributed by atoms with E-state index < -0.39 is 16.8 Å². The van der Waals surface area contributed by atoms with E-state index in [1.807, 2.05) is 0 Å². The maximum absolute atomic E-state index is 11.0. The molecule has 2 N–H and O–H groups in total. The van der Waals surface area contributed by atoms with Gasteiger partial charge in [0.1, 0.15) is 0 Å². The van der Waals surface area contributed by atoms with Gasteiger partial charge in [-0.15, -0.1) is 0 Å². The summed E-state index contributed by atoms with van der Waals surface area (Å²) in [4.78, 5) is 24.6. The minimum atomic E-state index is -0.806. The highest BCUT2D eigenvalue weighted by Crippen LogP contribution is 2.28. The summed E-state index contributed by atoms with van der Waals surface area (Å²) in [5.74, 6) is -1.43. The van der Waals surface area contributed by atoms with Crippen LogP contribution in [-0.4, -0.2) is 27.0 Å². The van der Waals surface area contributed by atoms with Gasteiger partial charge in [0, 0.05) is 12.1 Å². The normalized spacial score (nSPS) is 22.7. The van der Waals surface area contributed by atoms with Crippen LogP contribution in [-0.2, 0) is 4.79 Å². The molecule has 18 heavy (non-hydrogen) atoms. The zero-order valence-corrected chi connectivity index (χ0v) is 9.57. The average molecular weight is 251 g/mol. The first-order valence-corrected chi connectivity index (χ1v) is 5.67. The lowest BCUT2D eigenvalue weighted by molar-refractivity contribution is -0.389. The maximum Gasteiger partial charge on any atom is 0.363 e. The number of nitro groups is 1. The molecule has 2 unspecified atom stereocenters. The van der Waals surface area contributed by atoms with Gasteiger partial charge in [0.05, 0.1) is 11.6 Å². The van der Waals surface area contributed by atoms with E-state index in [1.165, 1.54) is 12.3 Å². The van der Waals surface area contributed by atoms with E-state index in [0.717, 1.165) is 12.8 Å². The van der Waals surface area contributed by atoms with E-state index in [1.54, 1.807) is 6.07 Å². The molecule has 0 amide bonds. The molecule has 0 aliphatic heterocycles. The Morgan fingerprint density at radius 1 is 1.50 bits per heavy atom. The second-order valence-corrected chi connectivity index (χ2v) is 4.29. The topological polar surface area (TPSA) is 105 Å². The van der Waals surface area contributed by atoms with Crippen molar-refractivity contribution in [2.45, 2.75) is 25.3 Å². The van der Waals surface area contributed by atoms with Crippen molar-refractivity contribution in [2.24, 2.45) is 5.92 Å². The van der Waals surface area contributed by atoms with Crippen LogP contribution in [0, 0.1) is 16.0 Å². The SMILES string of the molecule is O=C(O)C1CCCC1Nc1ccc([N+](=O)[O-])nc1. The van der Waals surface area contributed by atoms with Crippen LogP contribution >= 0.6 is 0 Å². The van der Waals surface area contributed by atoms with Gasteiger partial charge in [-0.2, -0.15) is 0 Å². The molecule has 1 fully saturated rings. The van der Waals surface area contributed by atoms with Crippen molar-refractivity contribution in [1.29, 1.82) is 0 Å². The molecular weight excluding hydrogens is 238 g/mol. The van der Waals surface area contributed by atoms with Crippen molar-refractivity contribution in [3.8, 4) is 0 Å². The summed E-state index contributed by atoms with van der Waals surface area (Å²) in [7, 11) is 0. The van der Waals surface area contributed by atoms with Gasteiger partial charge in [0.2, 0.25) is 0 Å². The first-order valence-electron chi connectivity index (χ1n) is 5.67. The van der Waals surface area contributed by atoms with Crippen molar-refractivity contribution < 1.29 is 14.8 Å². The Labute approximate surface area is 103 Å². The number of anilines is 1. The molecule has 96 valence electrons. The minimum absolute atomic E-state index is 0.134. The molecule has 7 heteroatoms. The second kappa shape index (κ2) is 4.99. The van der Waals surface area contributed by atoms with Crippen molar-refractivity contribution in [3.05, 3.63) is 28.4 Å². The molecule has 0 aromatic carbocycles. The van der Waals surface area contributed by atoms with Gasteiger partial charge < -0.3 is 20.5 Å². The maximum atomic E-state index is 11.0. The summed E-state index contributed by atoms with van der Waals surface area (Å²) in [5.41, 5.74) is 0.610. The quantitative estimate of drug-likeness (QED) is 0.622. The van der Waals surface area contributed by atoms with E-state index in [0.29, 0.717) is 12.1 Å². The van der Waals surface area contributed by atoms with Crippen LogP contribution in [0.4, 0.5) is 11.5 Å². The largest absolute Gasteiger partial charge is 0.481 e. The smallest absolute Gasteiger partial charge is 0.363 e. The standard InChI is InChI=1S/C11H13N3O4/c15-11(16)8-2-1-3-9(8)13-7-4-5-10(12-6-7)14(17)18/h4-6,8-9,13H,1-3H2,(H,15,16). The van der Waals surface area contributed by atoms with Gasteiger partial charge in [0.25, 0.3) is 0 Å². The van der Waals surface area contributed by atoms with Crippen LogP contribution in [0.5, 0.6) is 0 Å². The number of hydrogen-bond donors (Lipinski definition) is 2. The molecule has 1 heterocycles. The number of pyridine rings is 1. The third-order valence-corrected chi connectivity index (χ3v) is 3.12. The molecule has 2 atom stereocenters. The van der Waals surface area contributed by atoms with Crippen molar-refractivity contribution in [3.63, 3.8) is 0 Å². The monoisotopic (exact) mass is 251 g/mol. The fourth-order valence-electron chi connectivity index (χ4n) is 2.22. The molecule has 2 rings (SSSR count). The average Bonchev–Trinajstić information content (AvgIpc) is 2.78. The number of carboxylic acid groups (broad SMARTS) is 1. The van der Waals surface area contributed by atoms with Gasteiger partial charge in [-0.3, -0.25) is 4.79 Å². The zero-order valence-electron chi connectivity index (χ0n) is 9.57. The molecule has 1 aromatic heterocycles. The fraction of sp³-hybridized carbons (Fsp3) is 0.455. The number of rotatable bonds is 4. The number of hydrogen-bond acceptors (Lipinski definition) is 5. The lowest BCUT2D eigenvalue weighted by Crippen LogP contribution is -2.29. The first kappa shape index (κ1) is 12.3. The summed E-state index contributed by atoms with van der Waals surface area (Å²) in [6, 6.07) is 2.71. The van der Waals surface area contributed by atoms with Crippen LogP contribution in [0.25, 0.3) is 0 Å². The van der Waals surface area contributed by atoms with E-state index in [2.05, 4.69) is 10.3 Å². The number of carboxylic acids is 1. The highest BCUT2D eigenvalue weighted by Gasteiger charge is 2.32. The van der Waals surface area contributed by atoms with Crippen molar-refractivity contribution >= 4 is 17.5 Å². The molecule has 7 nitrogen and oxygen atoms in total. The summed E-state index contributed by atoms with van der Waals surface area (Å²) in [6.45, 7) is 0. The van der Waals surface area contributed by atoms with Crippen LogP contribution in [0.3, 0.4) is 0 Å². The second-order valence-electron chi connectivity index (χ2n) is 4.29. The predicted octanol–water partition coefficient (Wildman–Crippen LogP) is 1.65. The molecule has 1 aliphatic carbocycles. The molecule has 0 radical (unpaired) electrons. The van der Waals surface area contributed by atoms with Crippen LogP contribution < -0.4 is 5.32 Å². The Morgan fingerprint density at radius 2 is 2.28 bits per heavy atom. The Balaban J connectivity index is 2.05. The molecule has 0 saturated heterocycles. The number of aliphatic carboxylic acids is 1. The van der Waals surface area contributed by atoms with E-state index in [-0.39, 0.29) is 11.9 Å². The molecule has 0 spiro atoms. The third-order valence-electron chi connectivity index (χ3n) is 3.12. The van der Waals surface area contributed by atoms with Crippen LogP contribution in [0.1, 0.15) is 19.3 Å². The van der Waals surface area contributed by atoms with E-state index in [4.69, 9.17) is 5.11 Å². The minimum Gasteiger partial charge on any atom is -0.481 e. The molecule has 1 aromatic rings. The van der Waals surface area contributed by atoms with Gasteiger partial charge in [-0.05, 0) is 28.8 Å². The highest BCUT2D eigenvalue weighted by atomic mass is 16.6. The van der Waals surface area contributed by atoms with Gasteiger partial charge in [-0.1, -0.05) is 6.42 Å². The number of carbonyl (C=O) groups is 1. The Bertz CT molecular complexity index is 460. The molecular formula is C11H13N3O4. The van der Waals surface area contributed by atoms with Crippen molar-refractivity contribution in [1.82, 2.24) is 4.98 Å². The Morgan fingerprint density at radius 3 is 2.83 bits per heavy atom. The lowest BCUT2D eigenvalue weighted by atomic mass is 10.0. The predicted molar refractivity (Wildman–Crippen MR) is 63.3 cm³/mol. The summed E-state index contributed by atoms with van der Waals surface area (Å²) < 4.78 is 0. The van der Waals surface area contributed by atoms with Crippen LogP contribution in [0.15, 0.2) is 18.3 Å². The summed E-state index contributed by atoms with van der Waals surface area (Å²) in [6.07, 6.45) is 3.67. The third kappa shape index (κ3) is 2.55. The summed E-state index contributed by atoms with van der Waals surface area (Å²) >= 11 is 0. The number of aromatic nitrogens is 1. The van der Waals surface area contributed by atoms with E-state index >= 15 is 0 Å². The molecule has 0 bridgehead atoms. The zero-order chi connectivity index (χ0) is 13.1. The summed E-state index contributed by atoms with van der Waals surface area (Å²) in [5, 5.41) is 22.5. The highest BCUT2D eigenvalue weighted by molar-refractivity contribution is 5.72. The van der Waals surface area contributed by atoms with Gasteiger partial charge in [-0.25, -0.2) is 0 Å². The Kier molecular flexibility index (Phi) is 3.40. The lowest BCUT2D eigenvalue weighted by Gasteiger charge is -2.17. The Hall–Kier alpha value is -2.18. The fourth-order valence-corrected chi connectivity index (χ4v) is 2.22. The number of nitrogens with one attached hydrogen (secondary N) is 1. The number of nitrogens with zero attached hydrogens (tertiary/aromatic N) is 2. The molecule has 1 saturated carbocycles. The first-order chi connectivity index (χ1) is 8.58. The van der Waals surface area contributed by atoms with Crippen LogP contribution in [0.2, 0.25) is 0 Å². The van der Waals surface area contributed by atoms with Crippen molar-refractivity contribution in [2.75, 3.05) is 5.32 Å². The van der Waals surface area contributed by atoms with Gasteiger partial charge >= 0.3 is 11.8 Å². The van der Waals surface area contributed by atoms with E-state index in [9.17, 15) is 14.9 Å². The molecule has 1 aliphatic rings.